The van der Waals surface area contributed by atoms with Gasteiger partial charge in [-0.1, -0.05) is 22.0 Å². The van der Waals surface area contributed by atoms with Gasteiger partial charge < -0.3 is 10.1 Å². The van der Waals surface area contributed by atoms with Gasteiger partial charge in [0.15, 0.2) is 0 Å². The summed E-state index contributed by atoms with van der Waals surface area (Å²) in [5.74, 6) is 0. The zero-order valence-corrected chi connectivity index (χ0v) is 12.9. The Balaban J connectivity index is 2.24. The van der Waals surface area contributed by atoms with Crippen molar-refractivity contribution in [1.82, 2.24) is 9.78 Å². The van der Waals surface area contributed by atoms with E-state index in [1.165, 1.54) is 0 Å². The van der Waals surface area contributed by atoms with Crippen LogP contribution in [0.1, 0.15) is 24.2 Å². The minimum Gasteiger partial charge on any atom is -0.380 e. The van der Waals surface area contributed by atoms with E-state index in [0.29, 0.717) is 6.61 Å². The van der Waals surface area contributed by atoms with Crippen LogP contribution in [0.4, 0.5) is 5.69 Å². The maximum atomic E-state index is 5.26. The lowest BCUT2D eigenvalue weighted by Crippen LogP contribution is -2.12. The van der Waals surface area contributed by atoms with Crippen LogP contribution < -0.4 is 5.32 Å². The van der Waals surface area contributed by atoms with Gasteiger partial charge in [-0.3, -0.25) is 4.68 Å². The van der Waals surface area contributed by atoms with E-state index in [1.54, 1.807) is 7.11 Å². The van der Waals surface area contributed by atoms with Crippen molar-refractivity contribution < 1.29 is 4.74 Å². The van der Waals surface area contributed by atoms with Gasteiger partial charge >= 0.3 is 0 Å². The molecule has 0 fully saturated rings. The summed E-state index contributed by atoms with van der Waals surface area (Å²) in [6, 6.07) is 8.30. The monoisotopic (exact) mass is 323 g/mol. The number of rotatable bonds is 5. The Morgan fingerprint density at radius 2 is 2.21 bits per heavy atom. The van der Waals surface area contributed by atoms with Gasteiger partial charge in [-0.05, 0) is 25.1 Å². The van der Waals surface area contributed by atoms with Crippen molar-refractivity contribution in [3.8, 4) is 0 Å². The van der Waals surface area contributed by atoms with E-state index in [1.807, 2.05) is 36.1 Å². The van der Waals surface area contributed by atoms with Gasteiger partial charge in [-0.2, -0.15) is 5.10 Å². The van der Waals surface area contributed by atoms with Gasteiger partial charge in [0.25, 0.3) is 0 Å². The Labute approximate surface area is 121 Å². The number of halogens is 1. The summed E-state index contributed by atoms with van der Waals surface area (Å²) in [7, 11) is 3.65. The lowest BCUT2D eigenvalue weighted by atomic mass is 10.1. The van der Waals surface area contributed by atoms with E-state index >= 15 is 0 Å². The van der Waals surface area contributed by atoms with Crippen LogP contribution in [0.5, 0.6) is 0 Å². The smallest absolute Gasteiger partial charge is 0.0744 e. The first kappa shape index (κ1) is 14.1. The lowest BCUT2D eigenvalue weighted by molar-refractivity contribution is 0.185. The largest absolute Gasteiger partial charge is 0.380 e. The number of benzene rings is 1. The molecule has 5 heteroatoms. The van der Waals surface area contributed by atoms with Crippen molar-refractivity contribution in [3.63, 3.8) is 0 Å². The molecule has 4 nitrogen and oxygen atoms in total. The number of methoxy groups -OCH3 is 1. The highest BCUT2D eigenvalue weighted by atomic mass is 79.9. The molecule has 0 amide bonds. The number of nitrogens with one attached hydrogen (secondary N) is 1. The predicted octanol–water partition coefficient (Wildman–Crippen LogP) is 3.50. The number of nitrogens with zero attached hydrogens (tertiary/aromatic N) is 2. The van der Waals surface area contributed by atoms with Crippen LogP contribution in [0.15, 0.2) is 34.9 Å². The van der Waals surface area contributed by atoms with E-state index < -0.39 is 0 Å². The van der Waals surface area contributed by atoms with Crippen LogP contribution >= 0.6 is 15.9 Å². The van der Waals surface area contributed by atoms with E-state index in [-0.39, 0.29) is 6.04 Å². The third-order valence-electron chi connectivity index (χ3n) is 3.08. The van der Waals surface area contributed by atoms with Crippen LogP contribution in [-0.2, 0) is 18.4 Å². The maximum absolute atomic E-state index is 5.26. The summed E-state index contributed by atoms with van der Waals surface area (Å²) in [6.45, 7) is 2.69. The Hall–Kier alpha value is -1.33. The molecule has 1 atom stereocenters. The molecule has 0 saturated heterocycles. The number of hydrogen-bond acceptors (Lipinski definition) is 3. The van der Waals surface area contributed by atoms with Crippen molar-refractivity contribution in [2.45, 2.75) is 19.6 Å². The Bertz CT molecular complexity index is 553. The second kappa shape index (κ2) is 6.21. The quantitative estimate of drug-likeness (QED) is 0.915. The van der Waals surface area contributed by atoms with Crippen LogP contribution in [0, 0.1) is 0 Å². The highest BCUT2D eigenvalue weighted by Crippen LogP contribution is 2.28. The number of anilines is 1. The third-order valence-corrected chi connectivity index (χ3v) is 3.82. The lowest BCUT2D eigenvalue weighted by Gasteiger charge is -2.19. The van der Waals surface area contributed by atoms with Crippen molar-refractivity contribution >= 4 is 21.6 Å². The highest BCUT2D eigenvalue weighted by Gasteiger charge is 2.12. The molecular formula is C14H18BrN3O. The number of aryl methyl sites for hydroxylation is 1. The summed E-state index contributed by atoms with van der Waals surface area (Å²) < 4.78 is 8.19. The molecule has 19 heavy (non-hydrogen) atoms. The molecule has 0 aliphatic rings. The van der Waals surface area contributed by atoms with Crippen molar-refractivity contribution in [2.24, 2.45) is 7.05 Å². The van der Waals surface area contributed by atoms with Crippen LogP contribution in [0.25, 0.3) is 0 Å². The van der Waals surface area contributed by atoms with Gasteiger partial charge in [-0.25, -0.2) is 0 Å². The first-order chi connectivity index (χ1) is 9.13. The molecule has 0 radical (unpaired) electrons. The zero-order chi connectivity index (χ0) is 13.8. The Morgan fingerprint density at radius 3 is 2.84 bits per heavy atom. The van der Waals surface area contributed by atoms with Gasteiger partial charge in [-0.15, -0.1) is 0 Å². The standard InChI is InChI=1S/C14H18BrN3O/c1-10(14-7-8-16-18(14)2)17-13-6-4-5-12(15)11(13)9-19-3/h4-8,10,17H,9H2,1-3H3. The molecule has 1 unspecified atom stereocenters. The Morgan fingerprint density at radius 1 is 1.42 bits per heavy atom. The van der Waals surface area contributed by atoms with Gasteiger partial charge in [0, 0.05) is 36.1 Å². The molecule has 1 aromatic heterocycles. The fourth-order valence-corrected chi connectivity index (χ4v) is 2.58. The summed E-state index contributed by atoms with van der Waals surface area (Å²) in [6.07, 6.45) is 1.81. The fourth-order valence-electron chi connectivity index (χ4n) is 2.10. The molecule has 0 saturated carbocycles. The average molecular weight is 324 g/mol. The molecule has 0 spiro atoms. The van der Waals surface area contributed by atoms with Crippen LogP contribution in [-0.4, -0.2) is 16.9 Å². The van der Waals surface area contributed by atoms with Gasteiger partial charge in [0.2, 0.25) is 0 Å². The summed E-state index contributed by atoms with van der Waals surface area (Å²) >= 11 is 3.56. The highest BCUT2D eigenvalue weighted by molar-refractivity contribution is 9.10. The average Bonchev–Trinajstić information content (AvgIpc) is 2.80. The van der Waals surface area contributed by atoms with Gasteiger partial charge in [0.05, 0.1) is 18.3 Å². The third kappa shape index (κ3) is 3.16. The van der Waals surface area contributed by atoms with E-state index in [2.05, 4.69) is 39.3 Å². The number of hydrogen-bond donors (Lipinski definition) is 1. The van der Waals surface area contributed by atoms with E-state index in [0.717, 1.165) is 21.4 Å². The van der Waals surface area contributed by atoms with Gasteiger partial charge in [0.1, 0.15) is 0 Å². The normalized spacial score (nSPS) is 12.4. The summed E-state index contributed by atoms with van der Waals surface area (Å²) in [4.78, 5) is 0. The molecule has 0 aliphatic carbocycles. The first-order valence-corrected chi connectivity index (χ1v) is 6.93. The zero-order valence-electron chi connectivity index (χ0n) is 11.4. The van der Waals surface area contributed by atoms with Crippen LogP contribution in [0.2, 0.25) is 0 Å². The summed E-state index contributed by atoms with van der Waals surface area (Å²) in [5, 5.41) is 7.71. The second-order valence-corrected chi connectivity index (χ2v) is 5.30. The molecule has 2 rings (SSSR count). The summed E-state index contributed by atoms with van der Waals surface area (Å²) in [5.41, 5.74) is 3.34. The molecule has 2 aromatic rings. The van der Waals surface area contributed by atoms with Crippen LogP contribution in [0.3, 0.4) is 0 Å². The molecule has 0 bridgehead atoms. The molecule has 0 aliphatic heterocycles. The number of ether oxygens (including phenoxy) is 1. The minimum atomic E-state index is 0.178. The molecule has 1 aromatic carbocycles. The van der Waals surface area contributed by atoms with Crippen molar-refractivity contribution in [3.05, 3.63) is 46.2 Å². The van der Waals surface area contributed by atoms with Crippen molar-refractivity contribution in [1.29, 1.82) is 0 Å². The van der Waals surface area contributed by atoms with Crippen molar-refractivity contribution in [2.75, 3.05) is 12.4 Å². The number of aromatic nitrogens is 2. The Kier molecular flexibility index (Phi) is 4.61. The van der Waals surface area contributed by atoms with E-state index in [9.17, 15) is 0 Å². The van der Waals surface area contributed by atoms with E-state index in [4.69, 9.17) is 4.74 Å². The second-order valence-electron chi connectivity index (χ2n) is 4.44. The fraction of sp³-hybridized carbons (Fsp3) is 0.357. The maximum Gasteiger partial charge on any atom is 0.0744 e. The first-order valence-electron chi connectivity index (χ1n) is 6.14. The molecule has 102 valence electrons. The topological polar surface area (TPSA) is 39.1 Å². The predicted molar refractivity (Wildman–Crippen MR) is 80.1 cm³/mol. The minimum absolute atomic E-state index is 0.178. The molecular weight excluding hydrogens is 306 g/mol. The molecule has 1 N–H and O–H groups in total. The molecule has 1 heterocycles. The SMILES string of the molecule is COCc1c(Br)cccc1NC(C)c1ccnn1C.